The predicted octanol–water partition coefficient (Wildman–Crippen LogP) is 4.71. The molecule has 0 saturated carbocycles. The van der Waals surface area contributed by atoms with E-state index in [1.54, 1.807) is 18.5 Å². The Morgan fingerprint density at radius 1 is 1.26 bits per heavy atom. The van der Waals surface area contributed by atoms with Gasteiger partial charge in [-0.1, -0.05) is 54.2 Å². The molecule has 0 saturated heterocycles. The number of carbonyl (C=O) groups excluding carboxylic acids is 2. The highest BCUT2D eigenvalue weighted by atomic mass is 32.2. The quantitative estimate of drug-likeness (QED) is 0.428. The number of carbonyl (C=O) groups is 2. The summed E-state index contributed by atoms with van der Waals surface area (Å²) in [5.74, 6) is -0.559. The summed E-state index contributed by atoms with van der Waals surface area (Å²) in [6.07, 6.45) is 5.12. The molecule has 1 amide bonds. The van der Waals surface area contributed by atoms with Crippen LogP contribution in [-0.2, 0) is 20.9 Å². The summed E-state index contributed by atoms with van der Waals surface area (Å²) in [5, 5.41) is 5.63. The first kappa shape index (κ1) is 24.5. The van der Waals surface area contributed by atoms with E-state index in [4.69, 9.17) is 9.73 Å². The Bertz CT molecular complexity index is 1250. The second kappa shape index (κ2) is 10.7. The standard InChI is InChI=1S/C27H28N4O3S/c1-5-11-34-26(33)24-19(4)30-27-31(25(24)22-9-8-17(2)12-18(22)3)21(16-35-27)13-23(32)29-15-20-7-6-10-28-14-20/h5-10,12,14,16,25H,1,11,13,15H2,2-4H3,(H,29,32). The highest BCUT2D eigenvalue weighted by Gasteiger charge is 2.41. The molecule has 7 nitrogen and oxygen atoms in total. The summed E-state index contributed by atoms with van der Waals surface area (Å²) >= 11 is 1.46. The third-order valence-electron chi connectivity index (χ3n) is 5.83. The largest absolute Gasteiger partial charge is 0.458 e. The molecule has 35 heavy (non-hydrogen) atoms. The van der Waals surface area contributed by atoms with Crippen molar-refractivity contribution in [1.82, 2.24) is 15.2 Å². The minimum Gasteiger partial charge on any atom is -0.458 e. The SMILES string of the molecule is C=CCOC(=O)C1=C(C)N=C2SC=C(CC(=O)NCc3cccnc3)N2C1c1ccc(C)cc1C. The molecule has 2 aliphatic rings. The van der Waals surface area contributed by atoms with Crippen LogP contribution < -0.4 is 5.32 Å². The van der Waals surface area contributed by atoms with E-state index in [0.29, 0.717) is 17.8 Å². The van der Waals surface area contributed by atoms with Crippen molar-refractivity contribution in [2.24, 2.45) is 4.99 Å². The minimum absolute atomic E-state index is 0.111. The van der Waals surface area contributed by atoms with Gasteiger partial charge in [0.1, 0.15) is 6.61 Å². The zero-order valence-corrected chi connectivity index (χ0v) is 20.9. The molecular formula is C27H28N4O3S. The zero-order valence-electron chi connectivity index (χ0n) is 20.1. The topological polar surface area (TPSA) is 83.9 Å². The molecule has 3 heterocycles. The molecule has 0 aliphatic carbocycles. The van der Waals surface area contributed by atoms with Crippen LogP contribution in [0.3, 0.4) is 0 Å². The Morgan fingerprint density at radius 2 is 2.09 bits per heavy atom. The van der Waals surface area contributed by atoms with Crippen LogP contribution in [-0.4, -0.2) is 33.5 Å². The second-order valence-corrected chi connectivity index (χ2v) is 9.29. The number of rotatable bonds is 8. The number of benzene rings is 1. The fourth-order valence-electron chi connectivity index (χ4n) is 4.20. The van der Waals surface area contributed by atoms with Gasteiger partial charge in [0.15, 0.2) is 5.17 Å². The lowest BCUT2D eigenvalue weighted by Crippen LogP contribution is -2.38. The van der Waals surface area contributed by atoms with Crippen molar-refractivity contribution in [3.8, 4) is 0 Å². The van der Waals surface area contributed by atoms with Crippen LogP contribution in [0.25, 0.3) is 0 Å². The van der Waals surface area contributed by atoms with Crippen molar-refractivity contribution in [1.29, 1.82) is 0 Å². The number of nitrogens with zero attached hydrogens (tertiary/aromatic N) is 3. The Labute approximate surface area is 209 Å². The molecule has 8 heteroatoms. The number of esters is 1. The number of pyridine rings is 1. The van der Waals surface area contributed by atoms with Crippen molar-refractivity contribution in [2.45, 2.75) is 39.8 Å². The van der Waals surface area contributed by atoms with Crippen LogP contribution in [0.15, 0.2) is 82.7 Å². The highest BCUT2D eigenvalue weighted by Crippen LogP contribution is 2.45. The molecule has 4 rings (SSSR count). The molecule has 1 unspecified atom stereocenters. The molecule has 2 aromatic rings. The maximum absolute atomic E-state index is 13.2. The number of ether oxygens (including phenoxy) is 1. The van der Waals surface area contributed by atoms with Crippen molar-refractivity contribution >= 4 is 28.8 Å². The Morgan fingerprint density at radius 3 is 2.80 bits per heavy atom. The van der Waals surface area contributed by atoms with Gasteiger partial charge in [-0.2, -0.15) is 0 Å². The van der Waals surface area contributed by atoms with Crippen molar-refractivity contribution in [3.63, 3.8) is 0 Å². The third kappa shape index (κ3) is 5.38. The van der Waals surface area contributed by atoms with E-state index >= 15 is 0 Å². The number of fused-ring (bicyclic) bond motifs is 1. The third-order valence-corrected chi connectivity index (χ3v) is 6.72. The van der Waals surface area contributed by atoms with E-state index < -0.39 is 12.0 Å². The molecule has 1 aromatic heterocycles. The lowest BCUT2D eigenvalue weighted by Gasteiger charge is -2.37. The van der Waals surface area contributed by atoms with Crippen LogP contribution in [0.1, 0.15) is 41.6 Å². The van der Waals surface area contributed by atoms with E-state index in [0.717, 1.165) is 33.1 Å². The Hall–Kier alpha value is -3.65. The predicted molar refractivity (Wildman–Crippen MR) is 138 cm³/mol. The molecule has 0 bridgehead atoms. The number of nitrogens with one attached hydrogen (secondary N) is 1. The average Bonchev–Trinajstić information content (AvgIpc) is 3.23. The van der Waals surface area contributed by atoms with Crippen molar-refractivity contribution < 1.29 is 14.3 Å². The zero-order chi connectivity index (χ0) is 24.9. The van der Waals surface area contributed by atoms with Crippen LogP contribution >= 0.6 is 11.8 Å². The van der Waals surface area contributed by atoms with E-state index in [9.17, 15) is 9.59 Å². The van der Waals surface area contributed by atoms with Gasteiger partial charge in [0, 0.05) is 24.6 Å². The van der Waals surface area contributed by atoms with Gasteiger partial charge in [-0.25, -0.2) is 9.79 Å². The molecule has 1 N–H and O–H groups in total. The number of allylic oxidation sites excluding steroid dienone is 1. The van der Waals surface area contributed by atoms with Gasteiger partial charge in [-0.3, -0.25) is 9.78 Å². The first-order chi connectivity index (χ1) is 16.9. The molecule has 0 radical (unpaired) electrons. The van der Waals surface area contributed by atoms with Crippen LogP contribution in [0.2, 0.25) is 0 Å². The summed E-state index contributed by atoms with van der Waals surface area (Å²) in [6, 6.07) is 9.46. The number of hydrogen-bond donors (Lipinski definition) is 1. The molecule has 180 valence electrons. The van der Waals surface area contributed by atoms with Gasteiger partial charge in [0.05, 0.1) is 23.7 Å². The first-order valence-electron chi connectivity index (χ1n) is 11.3. The fraction of sp³-hybridized carbons (Fsp3) is 0.259. The van der Waals surface area contributed by atoms with Gasteiger partial charge < -0.3 is 15.0 Å². The number of thioether (sulfide) groups is 1. The first-order valence-corrected chi connectivity index (χ1v) is 12.2. The summed E-state index contributed by atoms with van der Waals surface area (Å²) in [6.45, 7) is 10.0. The smallest absolute Gasteiger partial charge is 0.338 e. The molecule has 2 aliphatic heterocycles. The van der Waals surface area contributed by atoms with E-state index in [1.807, 2.05) is 55.3 Å². The van der Waals surface area contributed by atoms with Gasteiger partial charge in [0.2, 0.25) is 5.91 Å². The van der Waals surface area contributed by atoms with E-state index in [2.05, 4.69) is 22.9 Å². The van der Waals surface area contributed by atoms with Gasteiger partial charge in [0.25, 0.3) is 0 Å². The summed E-state index contributed by atoms with van der Waals surface area (Å²) < 4.78 is 5.45. The summed E-state index contributed by atoms with van der Waals surface area (Å²) in [7, 11) is 0. The maximum atomic E-state index is 13.2. The van der Waals surface area contributed by atoms with Crippen LogP contribution in [0.5, 0.6) is 0 Å². The highest BCUT2D eigenvalue weighted by molar-refractivity contribution is 8.16. The molecular weight excluding hydrogens is 460 g/mol. The van der Waals surface area contributed by atoms with Crippen LogP contribution in [0, 0.1) is 13.8 Å². The normalized spacial score (nSPS) is 16.9. The van der Waals surface area contributed by atoms with Gasteiger partial charge in [-0.05, 0) is 48.9 Å². The van der Waals surface area contributed by atoms with Gasteiger partial charge >= 0.3 is 5.97 Å². The Kier molecular flexibility index (Phi) is 7.51. The number of amides is 1. The van der Waals surface area contributed by atoms with E-state index in [-0.39, 0.29) is 18.9 Å². The number of aryl methyl sites for hydroxylation is 2. The number of aromatic nitrogens is 1. The fourth-order valence-corrected chi connectivity index (χ4v) is 5.16. The van der Waals surface area contributed by atoms with Crippen LogP contribution in [0.4, 0.5) is 0 Å². The monoisotopic (exact) mass is 488 g/mol. The molecule has 1 aromatic carbocycles. The lowest BCUT2D eigenvalue weighted by molar-refractivity contribution is -0.138. The van der Waals surface area contributed by atoms with E-state index in [1.165, 1.54) is 11.8 Å². The Balaban J connectivity index is 1.64. The second-order valence-electron chi connectivity index (χ2n) is 8.46. The molecule has 0 fully saturated rings. The van der Waals surface area contributed by atoms with Gasteiger partial charge in [-0.15, -0.1) is 0 Å². The number of hydrogen-bond acceptors (Lipinski definition) is 7. The summed E-state index contributed by atoms with van der Waals surface area (Å²) in [5.41, 5.74) is 5.94. The minimum atomic E-state index is -0.451. The molecule has 0 spiro atoms. The summed E-state index contributed by atoms with van der Waals surface area (Å²) in [4.78, 5) is 36.8. The van der Waals surface area contributed by atoms with Crippen molar-refractivity contribution in [3.05, 3.63) is 100 Å². The molecule has 1 atom stereocenters. The maximum Gasteiger partial charge on any atom is 0.338 e. The van der Waals surface area contributed by atoms with Crippen molar-refractivity contribution in [2.75, 3.05) is 6.61 Å². The number of amidine groups is 1. The number of aliphatic imine (C=N–C) groups is 1. The average molecular weight is 489 g/mol. The lowest BCUT2D eigenvalue weighted by atomic mass is 9.90.